The molecule has 0 aromatic heterocycles. The Morgan fingerprint density at radius 3 is 2.58 bits per heavy atom. The van der Waals surface area contributed by atoms with Gasteiger partial charge in [-0.1, -0.05) is 17.7 Å². The number of unbranched alkanes of at least 4 members (excludes halogenated alkanes) is 1. The highest BCUT2D eigenvalue weighted by Gasteiger charge is 2.25. The number of carbonyl (C=O) groups excluding carboxylic acids is 1. The van der Waals surface area contributed by atoms with E-state index in [0.29, 0.717) is 0 Å². The van der Waals surface area contributed by atoms with Gasteiger partial charge < -0.3 is 11.1 Å². The van der Waals surface area contributed by atoms with Crippen LogP contribution in [0, 0.1) is 0 Å². The molecule has 0 saturated carbocycles. The fourth-order valence-corrected chi connectivity index (χ4v) is 1.79. The molecule has 0 unspecified atom stereocenters. The van der Waals surface area contributed by atoms with E-state index in [1.165, 1.54) is 12.1 Å². The van der Waals surface area contributed by atoms with Crippen LogP contribution in [-0.2, 0) is 0 Å². The molecule has 1 aromatic rings. The van der Waals surface area contributed by atoms with Gasteiger partial charge in [0.2, 0.25) is 0 Å². The number of hydrogen-bond acceptors (Lipinski definition) is 2. The number of alkyl halides is 3. The Balaban J connectivity index is 2.40. The van der Waals surface area contributed by atoms with Crippen molar-refractivity contribution in [1.82, 2.24) is 5.32 Å². The maximum absolute atomic E-state index is 11.9. The minimum absolute atomic E-state index is 0.0260. The smallest absolute Gasteiger partial charge is 0.389 e. The van der Waals surface area contributed by atoms with E-state index in [1.54, 1.807) is 6.07 Å². The summed E-state index contributed by atoms with van der Waals surface area (Å²) >= 11 is 5.83. The second-order valence-electron chi connectivity index (χ2n) is 4.03. The average molecular weight is 295 g/mol. The van der Waals surface area contributed by atoms with Crippen LogP contribution < -0.4 is 11.1 Å². The highest BCUT2D eigenvalue weighted by atomic mass is 35.5. The van der Waals surface area contributed by atoms with Crippen LogP contribution >= 0.6 is 11.6 Å². The lowest BCUT2D eigenvalue weighted by Crippen LogP contribution is -2.26. The minimum Gasteiger partial charge on any atom is -0.398 e. The molecule has 0 aliphatic heterocycles. The molecule has 7 heteroatoms. The molecule has 0 saturated heterocycles. The van der Waals surface area contributed by atoms with Crippen LogP contribution in [0.1, 0.15) is 29.6 Å². The van der Waals surface area contributed by atoms with Crippen molar-refractivity contribution in [3.05, 3.63) is 28.8 Å². The van der Waals surface area contributed by atoms with Gasteiger partial charge in [0.15, 0.2) is 0 Å². The number of nitrogens with two attached hydrogens (primary N) is 1. The molecule has 0 fully saturated rings. The predicted molar refractivity (Wildman–Crippen MR) is 68.1 cm³/mol. The van der Waals surface area contributed by atoms with Gasteiger partial charge in [-0.05, 0) is 25.0 Å². The fourth-order valence-electron chi connectivity index (χ4n) is 1.52. The molecule has 1 rings (SSSR count). The van der Waals surface area contributed by atoms with Crippen molar-refractivity contribution >= 4 is 23.2 Å². The average Bonchev–Trinajstić information content (AvgIpc) is 2.26. The highest BCUT2D eigenvalue weighted by molar-refractivity contribution is 6.34. The molecule has 0 spiro atoms. The van der Waals surface area contributed by atoms with Crippen molar-refractivity contribution in [2.45, 2.75) is 25.4 Å². The van der Waals surface area contributed by atoms with Gasteiger partial charge in [0.25, 0.3) is 5.91 Å². The van der Waals surface area contributed by atoms with E-state index in [9.17, 15) is 18.0 Å². The minimum atomic E-state index is -4.16. The summed E-state index contributed by atoms with van der Waals surface area (Å²) in [5, 5.41) is 2.71. The molecular formula is C12H14ClF3N2O. The molecule has 1 amide bonds. The van der Waals surface area contributed by atoms with E-state index in [2.05, 4.69) is 5.32 Å². The van der Waals surface area contributed by atoms with Crippen molar-refractivity contribution in [2.75, 3.05) is 12.3 Å². The zero-order valence-corrected chi connectivity index (χ0v) is 10.8. The van der Waals surface area contributed by atoms with Crippen LogP contribution in [-0.4, -0.2) is 18.6 Å². The molecule has 19 heavy (non-hydrogen) atoms. The van der Waals surface area contributed by atoms with E-state index in [-0.39, 0.29) is 35.7 Å². The number of benzene rings is 1. The Kier molecular flexibility index (Phi) is 5.47. The van der Waals surface area contributed by atoms with Crippen LogP contribution in [0.2, 0.25) is 5.02 Å². The van der Waals surface area contributed by atoms with Gasteiger partial charge in [0.1, 0.15) is 0 Å². The molecular weight excluding hydrogens is 281 g/mol. The number of carbonyl (C=O) groups is 1. The van der Waals surface area contributed by atoms with E-state index >= 15 is 0 Å². The maximum atomic E-state index is 11.9. The van der Waals surface area contributed by atoms with Crippen LogP contribution in [0.5, 0.6) is 0 Å². The summed E-state index contributed by atoms with van der Waals surface area (Å²) in [6.07, 6.45) is -4.79. The first-order valence-corrected chi connectivity index (χ1v) is 6.08. The second kappa shape index (κ2) is 6.65. The first kappa shape index (κ1) is 15.6. The lowest BCUT2D eigenvalue weighted by Gasteiger charge is -2.09. The van der Waals surface area contributed by atoms with Gasteiger partial charge in [0.05, 0.1) is 10.6 Å². The standard InChI is InChI=1S/C12H14ClF3N2O/c13-8-4-3-5-9(17)10(8)11(19)18-7-2-1-6-12(14,15)16/h3-5H,1-2,6-7,17H2,(H,18,19). The van der Waals surface area contributed by atoms with Crippen molar-refractivity contribution < 1.29 is 18.0 Å². The molecule has 0 aliphatic carbocycles. The van der Waals surface area contributed by atoms with Crippen LogP contribution in [0.4, 0.5) is 18.9 Å². The van der Waals surface area contributed by atoms with Gasteiger partial charge in [-0.2, -0.15) is 13.2 Å². The summed E-state index contributed by atoms with van der Waals surface area (Å²) in [5.74, 6) is -0.477. The van der Waals surface area contributed by atoms with Gasteiger partial charge in [-0.25, -0.2) is 0 Å². The number of rotatable bonds is 5. The van der Waals surface area contributed by atoms with E-state index < -0.39 is 18.5 Å². The zero-order chi connectivity index (χ0) is 14.5. The topological polar surface area (TPSA) is 55.1 Å². The lowest BCUT2D eigenvalue weighted by atomic mass is 10.1. The Morgan fingerprint density at radius 1 is 1.32 bits per heavy atom. The normalized spacial score (nSPS) is 11.4. The number of nitrogens with one attached hydrogen (secondary N) is 1. The van der Waals surface area contributed by atoms with Gasteiger partial charge in [0, 0.05) is 18.7 Å². The fraction of sp³-hybridized carbons (Fsp3) is 0.417. The molecule has 3 N–H and O–H groups in total. The van der Waals surface area contributed by atoms with Crippen molar-refractivity contribution in [3.63, 3.8) is 0 Å². The molecule has 106 valence electrons. The lowest BCUT2D eigenvalue weighted by molar-refractivity contribution is -0.135. The van der Waals surface area contributed by atoms with Crippen LogP contribution in [0.15, 0.2) is 18.2 Å². The molecule has 1 aromatic carbocycles. The van der Waals surface area contributed by atoms with Crippen molar-refractivity contribution in [1.29, 1.82) is 0 Å². The van der Waals surface area contributed by atoms with E-state index in [1.807, 2.05) is 0 Å². The summed E-state index contributed by atoms with van der Waals surface area (Å²) in [4.78, 5) is 11.7. The molecule has 0 atom stereocenters. The maximum Gasteiger partial charge on any atom is 0.389 e. The van der Waals surface area contributed by atoms with Crippen molar-refractivity contribution in [3.8, 4) is 0 Å². The third-order valence-corrected chi connectivity index (χ3v) is 2.76. The van der Waals surface area contributed by atoms with Crippen LogP contribution in [0.3, 0.4) is 0 Å². The number of nitrogen functional groups attached to an aromatic ring is 1. The molecule has 3 nitrogen and oxygen atoms in total. The summed E-state index contributed by atoms with van der Waals surface area (Å²) in [6, 6.07) is 4.67. The first-order valence-electron chi connectivity index (χ1n) is 5.70. The van der Waals surface area contributed by atoms with Crippen LogP contribution in [0.25, 0.3) is 0 Å². The molecule has 0 heterocycles. The SMILES string of the molecule is Nc1cccc(Cl)c1C(=O)NCCCCC(F)(F)F. The van der Waals surface area contributed by atoms with E-state index in [0.717, 1.165) is 0 Å². The quantitative estimate of drug-likeness (QED) is 0.646. The number of anilines is 1. The third-order valence-electron chi connectivity index (χ3n) is 2.45. The number of amides is 1. The largest absolute Gasteiger partial charge is 0.398 e. The second-order valence-corrected chi connectivity index (χ2v) is 4.44. The Bertz CT molecular complexity index is 429. The summed E-state index contributed by atoms with van der Waals surface area (Å²) in [7, 11) is 0. The third kappa shape index (κ3) is 5.38. The monoisotopic (exact) mass is 294 g/mol. The number of hydrogen-bond donors (Lipinski definition) is 2. The van der Waals surface area contributed by atoms with Gasteiger partial charge >= 0.3 is 6.18 Å². The van der Waals surface area contributed by atoms with Gasteiger partial charge in [-0.3, -0.25) is 4.79 Å². The van der Waals surface area contributed by atoms with E-state index in [4.69, 9.17) is 17.3 Å². The highest BCUT2D eigenvalue weighted by Crippen LogP contribution is 2.23. The van der Waals surface area contributed by atoms with Crippen molar-refractivity contribution in [2.24, 2.45) is 0 Å². The zero-order valence-electron chi connectivity index (χ0n) is 10.1. The summed E-state index contributed by atoms with van der Waals surface area (Å²) in [5.41, 5.74) is 6.00. The first-order chi connectivity index (χ1) is 8.81. The number of halogens is 4. The molecule has 0 aliphatic rings. The Morgan fingerprint density at radius 2 is 2.00 bits per heavy atom. The predicted octanol–water partition coefficient (Wildman–Crippen LogP) is 3.38. The summed E-state index contributed by atoms with van der Waals surface area (Å²) < 4.78 is 35.7. The molecule has 0 bridgehead atoms. The van der Waals surface area contributed by atoms with Gasteiger partial charge in [-0.15, -0.1) is 0 Å². The summed E-state index contributed by atoms with van der Waals surface area (Å²) in [6.45, 7) is 0.152. The Labute approximate surface area is 113 Å². The molecule has 0 radical (unpaired) electrons. The Hall–Kier alpha value is -1.43.